The lowest BCUT2D eigenvalue weighted by Crippen LogP contribution is -2.47. The molecule has 158 valence electrons. The third kappa shape index (κ3) is 5.28. The Labute approximate surface area is 170 Å². The van der Waals surface area contributed by atoms with Crippen LogP contribution in [-0.4, -0.2) is 30.9 Å². The summed E-state index contributed by atoms with van der Waals surface area (Å²) in [7, 11) is 0. The fourth-order valence-corrected chi connectivity index (χ4v) is 2.95. The monoisotopic (exact) mass is 420 g/mol. The normalized spacial score (nSPS) is 13.3. The second kappa shape index (κ2) is 8.85. The van der Waals surface area contributed by atoms with E-state index in [-0.39, 0.29) is 37.5 Å². The van der Waals surface area contributed by atoms with Gasteiger partial charge in [-0.1, -0.05) is 18.2 Å². The van der Waals surface area contributed by atoms with E-state index in [1.807, 2.05) is 0 Å². The number of hydrogen-bond donors (Lipinski definition) is 3. The zero-order valence-corrected chi connectivity index (χ0v) is 15.8. The lowest BCUT2D eigenvalue weighted by atomic mass is 10.2. The number of urea groups is 1. The van der Waals surface area contributed by atoms with Gasteiger partial charge >= 0.3 is 12.2 Å². The first-order valence-electron chi connectivity index (χ1n) is 9.15. The van der Waals surface area contributed by atoms with Crippen molar-refractivity contribution in [3.63, 3.8) is 0 Å². The van der Waals surface area contributed by atoms with Gasteiger partial charge in [0.25, 0.3) is 0 Å². The molecule has 0 unspecified atom stereocenters. The van der Waals surface area contributed by atoms with Gasteiger partial charge < -0.3 is 16.0 Å². The first-order chi connectivity index (χ1) is 14.2. The molecule has 3 N–H and O–H groups in total. The Hall–Kier alpha value is -3.56. The molecule has 0 aliphatic carbocycles. The molecular formula is C20H19F3N4O3. The number of nitrogens with zero attached hydrogens (tertiary/aromatic N) is 1. The number of anilines is 3. The fraction of sp³-hybridized carbons (Fsp3) is 0.250. The smallest absolute Gasteiger partial charge is 0.338 e. The minimum atomic E-state index is -4.49. The van der Waals surface area contributed by atoms with Gasteiger partial charge in [0.2, 0.25) is 11.8 Å². The number of benzene rings is 2. The topological polar surface area (TPSA) is 90.5 Å². The summed E-state index contributed by atoms with van der Waals surface area (Å²) < 4.78 is 38.2. The molecule has 7 nitrogen and oxygen atoms in total. The van der Waals surface area contributed by atoms with Gasteiger partial charge in [-0.3, -0.25) is 14.5 Å². The maximum absolute atomic E-state index is 12.7. The molecule has 0 bridgehead atoms. The third-order valence-electron chi connectivity index (χ3n) is 4.35. The molecule has 0 saturated carbocycles. The largest absolute Gasteiger partial charge is 0.416 e. The van der Waals surface area contributed by atoms with Crippen LogP contribution in [0, 0.1) is 0 Å². The second-order valence-corrected chi connectivity index (χ2v) is 6.61. The SMILES string of the molecule is O=C(CCCNC(=O)N1CC(=O)Nc2ccccc21)Nc1cccc(C(F)(F)F)c1. The van der Waals surface area contributed by atoms with Crippen molar-refractivity contribution < 1.29 is 27.6 Å². The van der Waals surface area contributed by atoms with Crippen LogP contribution in [-0.2, 0) is 15.8 Å². The van der Waals surface area contributed by atoms with Gasteiger partial charge in [-0.2, -0.15) is 13.2 Å². The fourth-order valence-electron chi connectivity index (χ4n) is 2.95. The summed E-state index contributed by atoms with van der Waals surface area (Å²) in [5.41, 5.74) is 0.300. The van der Waals surface area contributed by atoms with Gasteiger partial charge in [-0.15, -0.1) is 0 Å². The Morgan fingerprint density at radius 2 is 1.87 bits per heavy atom. The highest BCUT2D eigenvalue weighted by Gasteiger charge is 2.30. The molecule has 4 amide bonds. The highest BCUT2D eigenvalue weighted by Crippen LogP contribution is 2.31. The van der Waals surface area contributed by atoms with Gasteiger partial charge in [-0.05, 0) is 36.8 Å². The number of fused-ring (bicyclic) bond motifs is 1. The summed E-state index contributed by atoms with van der Waals surface area (Å²) >= 11 is 0. The van der Waals surface area contributed by atoms with Gasteiger partial charge in [0.1, 0.15) is 6.54 Å². The Bertz CT molecular complexity index is 962. The van der Waals surface area contributed by atoms with Crippen molar-refractivity contribution in [2.75, 3.05) is 28.6 Å². The average Bonchev–Trinajstić information content (AvgIpc) is 2.70. The van der Waals surface area contributed by atoms with Crippen LogP contribution in [0.3, 0.4) is 0 Å². The number of carbonyl (C=O) groups excluding carboxylic acids is 3. The lowest BCUT2D eigenvalue weighted by molar-refractivity contribution is -0.137. The molecule has 3 rings (SSSR count). The van der Waals surface area contributed by atoms with Crippen molar-refractivity contribution in [1.29, 1.82) is 0 Å². The van der Waals surface area contributed by atoms with Crippen LogP contribution >= 0.6 is 0 Å². The predicted molar refractivity (Wildman–Crippen MR) is 105 cm³/mol. The van der Waals surface area contributed by atoms with E-state index >= 15 is 0 Å². The second-order valence-electron chi connectivity index (χ2n) is 6.61. The molecule has 1 heterocycles. The first kappa shape index (κ1) is 21.2. The van der Waals surface area contributed by atoms with E-state index in [1.165, 1.54) is 17.0 Å². The average molecular weight is 420 g/mol. The zero-order valence-electron chi connectivity index (χ0n) is 15.8. The van der Waals surface area contributed by atoms with Gasteiger partial charge in [0.15, 0.2) is 0 Å². The van der Waals surface area contributed by atoms with E-state index < -0.39 is 23.7 Å². The van der Waals surface area contributed by atoms with E-state index in [2.05, 4.69) is 16.0 Å². The van der Waals surface area contributed by atoms with Crippen molar-refractivity contribution >= 4 is 34.9 Å². The third-order valence-corrected chi connectivity index (χ3v) is 4.35. The number of amides is 4. The minimum Gasteiger partial charge on any atom is -0.338 e. The Balaban J connectivity index is 1.47. The molecule has 1 aliphatic rings. The number of rotatable bonds is 5. The van der Waals surface area contributed by atoms with E-state index in [4.69, 9.17) is 0 Å². The van der Waals surface area contributed by atoms with Crippen molar-refractivity contribution in [2.45, 2.75) is 19.0 Å². The maximum atomic E-state index is 12.7. The van der Waals surface area contributed by atoms with Crippen molar-refractivity contribution in [1.82, 2.24) is 5.32 Å². The van der Waals surface area contributed by atoms with Crippen LogP contribution in [0.5, 0.6) is 0 Å². The van der Waals surface area contributed by atoms with Crippen LogP contribution < -0.4 is 20.9 Å². The van der Waals surface area contributed by atoms with E-state index in [1.54, 1.807) is 24.3 Å². The summed E-state index contributed by atoms with van der Waals surface area (Å²) in [6.07, 6.45) is -4.21. The van der Waals surface area contributed by atoms with Gasteiger partial charge in [0.05, 0.1) is 16.9 Å². The van der Waals surface area contributed by atoms with Crippen molar-refractivity contribution in [3.8, 4) is 0 Å². The number of nitrogens with one attached hydrogen (secondary N) is 3. The molecule has 10 heteroatoms. The minimum absolute atomic E-state index is 0.00754. The molecule has 0 spiro atoms. The number of carbonyl (C=O) groups is 3. The number of alkyl halides is 3. The molecule has 0 fully saturated rings. The zero-order chi connectivity index (χ0) is 21.7. The Kier molecular flexibility index (Phi) is 6.24. The Morgan fingerprint density at radius 3 is 2.63 bits per heavy atom. The van der Waals surface area contributed by atoms with Crippen LogP contribution in [0.25, 0.3) is 0 Å². The highest BCUT2D eigenvalue weighted by atomic mass is 19.4. The lowest BCUT2D eigenvalue weighted by Gasteiger charge is -2.29. The van der Waals surface area contributed by atoms with Gasteiger partial charge in [-0.25, -0.2) is 4.79 Å². The van der Waals surface area contributed by atoms with Crippen LogP contribution in [0.4, 0.5) is 35.0 Å². The molecule has 30 heavy (non-hydrogen) atoms. The summed E-state index contributed by atoms with van der Waals surface area (Å²) in [5.74, 6) is -0.782. The maximum Gasteiger partial charge on any atom is 0.416 e. The summed E-state index contributed by atoms with van der Waals surface area (Å²) in [5, 5.41) is 7.73. The number of hydrogen-bond acceptors (Lipinski definition) is 3. The summed E-state index contributed by atoms with van der Waals surface area (Å²) in [6.45, 7) is 0.0357. The highest BCUT2D eigenvalue weighted by molar-refractivity contribution is 6.09. The molecule has 1 aliphatic heterocycles. The van der Waals surface area contributed by atoms with E-state index in [9.17, 15) is 27.6 Å². The summed E-state index contributed by atoms with van der Waals surface area (Å²) in [4.78, 5) is 37.4. The van der Waals surface area contributed by atoms with Gasteiger partial charge in [0, 0.05) is 18.7 Å². The molecule has 0 saturated heterocycles. The molecular weight excluding hydrogens is 401 g/mol. The van der Waals surface area contributed by atoms with E-state index in [0.717, 1.165) is 12.1 Å². The molecule has 0 aromatic heterocycles. The number of halogens is 3. The van der Waals surface area contributed by atoms with Crippen LogP contribution in [0.15, 0.2) is 48.5 Å². The van der Waals surface area contributed by atoms with Crippen molar-refractivity contribution in [3.05, 3.63) is 54.1 Å². The summed E-state index contributed by atoms with van der Waals surface area (Å²) in [6, 6.07) is 10.8. The standard InChI is InChI=1S/C20H19F3N4O3/c21-20(22,23)13-5-3-6-14(11-13)25-17(28)9-4-10-24-19(30)27-12-18(29)26-15-7-1-2-8-16(15)27/h1-3,5-8,11H,4,9-10,12H2,(H,24,30)(H,25,28)(H,26,29). The van der Waals surface area contributed by atoms with Crippen LogP contribution in [0.2, 0.25) is 0 Å². The van der Waals surface area contributed by atoms with Crippen molar-refractivity contribution in [2.24, 2.45) is 0 Å². The van der Waals surface area contributed by atoms with Crippen LogP contribution in [0.1, 0.15) is 18.4 Å². The molecule has 2 aromatic carbocycles. The molecule has 2 aromatic rings. The number of para-hydroxylation sites is 2. The van der Waals surface area contributed by atoms with E-state index in [0.29, 0.717) is 11.4 Å². The quantitative estimate of drug-likeness (QED) is 0.646. The molecule has 0 radical (unpaired) electrons. The predicted octanol–water partition coefficient (Wildman–Crippen LogP) is 3.59. The molecule has 0 atom stereocenters. The first-order valence-corrected chi connectivity index (χ1v) is 9.15. The Morgan fingerprint density at radius 1 is 1.10 bits per heavy atom.